The van der Waals surface area contributed by atoms with Gasteiger partial charge in [-0.25, -0.2) is 19.5 Å². The summed E-state index contributed by atoms with van der Waals surface area (Å²) in [4.78, 5) is 24.9. The van der Waals surface area contributed by atoms with Gasteiger partial charge >= 0.3 is 13.7 Å². The summed E-state index contributed by atoms with van der Waals surface area (Å²) >= 11 is 0. The van der Waals surface area contributed by atoms with E-state index >= 15 is 0 Å². The average Bonchev–Trinajstić information content (AvgIpc) is 3.49. The lowest BCUT2D eigenvalue weighted by molar-refractivity contribution is -0.209. The first kappa shape index (κ1) is 27.4. The SMILES string of the molecule is CC(C)OC(=O)[C@H](C)NP(=O)(OC[C@]12CO[C@](C)([C@@H]1O)[C@H](n1cnc3c(N)ncnc31)O2)Oc1ccccc1. The predicted molar refractivity (Wildman–Crippen MR) is 137 cm³/mol. The molecular formula is C24H31N6O8P. The van der Waals surface area contributed by atoms with Crippen LogP contribution in [0.15, 0.2) is 43.0 Å². The van der Waals surface area contributed by atoms with Crippen molar-refractivity contribution in [3.63, 3.8) is 0 Å². The Hall–Kier alpha value is -3.13. The van der Waals surface area contributed by atoms with E-state index in [1.54, 1.807) is 55.7 Å². The van der Waals surface area contributed by atoms with Gasteiger partial charge in [0.1, 0.15) is 40.9 Å². The van der Waals surface area contributed by atoms with Gasteiger partial charge in [0.2, 0.25) is 0 Å². The van der Waals surface area contributed by atoms with Crippen LogP contribution < -0.4 is 15.3 Å². The maximum absolute atomic E-state index is 13.9. The fourth-order valence-corrected chi connectivity index (χ4v) is 6.21. The zero-order chi connectivity index (χ0) is 28.0. The van der Waals surface area contributed by atoms with Crippen LogP contribution in [0.4, 0.5) is 5.82 Å². The number of fused-ring (bicyclic) bond motifs is 3. The number of aliphatic hydroxyl groups is 1. The summed E-state index contributed by atoms with van der Waals surface area (Å²) < 4.78 is 44.6. The first-order valence-corrected chi connectivity index (χ1v) is 13.9. The molecule has 1 unspecified atom stereocenters. The zero-order valence-electron chi connectivity index (χ0n) is 21.9. The number of nitrogens with one attached hydrogen (secondary N) is 1. The standard InChI is InChI=1S/C24H31N6O8P/c1-14(2)36-20(31)15(3)29-39(33,38-16-8-6-5-7-9-16)35-11-24-10-34-23(4,21(24)32)22(37-24)30-13-28-17-18(25)26-12-27-19(17)30/h5-9,12-15,21-22,32H,10-11H2,1-4H3,(H,29,33)(H2,25,26,27)/t15-,21-,22+,23+,24+,39?/m0/s1. The lowest BCUT2D eigenvalue weighted by atomic mass is 9.92. The Balaban J connectivity index is 1.39. The number of carbonyl (C=O) groups excluding carboxylic acids is 1. The molecule has 0 aliphatic carbocycles. The number of hydrogen-bond donors (Lipinski definition) is 3. The van der Waals surface area contributed by atoms with Gasteiger partial charge in [-0.15, -0.1) is 0 Å². The zero-order valence-corrected chi connectivity index (χ0v) is 22.8. The van der Waals surface area contributed by atoms with Gasteiger partial charge in [-0.2, -0.15) is 5.09 Å². The lowest BCUT2D eigenvalue weighted by Gasteiger charge is -2.34. The number of carbonyl (C=O) groups is 1. The molecule has 2 aliphatic rings. The third kappa shape index (κ3) is 4.99. The first-order valence-electron chi connectivity index (χ1n) is 12.4. The normalized spacial score (nSPS) is 28.5. The number of benzene rings is 1. The summed E-state index contributed by atoms with van der Waals surface area (Å²) in [6.45, 7) is 6.13. The minimum Gasteiger partial charge on any atom is -0.462 e. The molecule has 1 aromatic carbocycles. The molecule has 0 saturated carbocycles. The third-order valence-corrected chi connectivity index (χ3v) is 8.27. The second-order valence-corrected chi connectivity index (χ2v) is 11.7. The van der Waals surface area contributed by atoms with E-state index < -0.39 is 49.9 Å². The van der Waals surface area contributed by atoms with Crippen LogP contribution >= 0.6 is 7.75 Å². The molecule has 5 rings (SSSR count). The van der Waals surface area contributed by atoms with Gasteiger partial charge in [0.25, 0.3) is 0 Å². The molecule has 2 aromatic heterocycles. The highest BCUT2D eigenvalue weighted by atomic mass is 31.2. The van der Waals surface area contributed by atoms with E-state index in [2.05, 4.69) is 20.0 Å². The minimum atomic E-state index is -4.21. The number of ether oxygens (including phenoxy) is 3. The molecule has 15 heteroatoms. The molecule has 0 radical (unpaired) electrons. The van der Waals surface area contributed by atoms with E-state index in [1.165, 1.54) is 19.6 Å². The molecule has 2 fully saturated rings. The Labute approximate surface area is 224 Å². The maximum atomic E-state index is 13.9. The summed E-state index contributed by atoms with van der Waals surface area (Å²) in [6.07, 6.45) is 0.342. The molecule has 210 valence electrons. The van der Waals surface area contributed by atoms with Crippen LogP contribution in [-0.2, 0) is 28.1 Å². The van der Waals surface area contributed by atoms with Crippen molar-refractivity contribution in [1.82, 2.24) is 24.6 Å². The van der Waals surface area contributed by atoms with Crippen LogP contribution in [0.2, 0.25) is 0 Å². The van der Waals surface area contributed by atoms with Crippen LogP contribution in [0, 0.1) is 0 Å². The number of para-hydroxylation sites is 1. The quantitative estimate of drug-likeness (QED) is 0.241. The Bertz CT molecular complexity index is 1410. The summed E-state index contributed by atoms with van der Waals surface area (Å²) in [5.41, 5.74) is 4.05. The number of aromatic nitrogens is 4. The van der Waals surface area contributed by atoms with Crippen molar-refractivity contribution in [1.29, 1.82) is 0 Å². The monoisotopic (exact) mass is 562 g/mol. The number of nitrogens with two attached hydrogens (primary N) is 1. The molecular weight excluding hydrogens is 531 g/mol. The number of aliphatic hydroxyl groups excluding tert-OH is 1. The largest absolute Gasteiger partial charge is 0.462 e. The Morgan fingerprint density at radius 1 is 1.28 bits per heavy atom. The topological polar surface area (TPSA) is 182 Å². The molecule has 2 bridgehead atoms. The highest BCUT2D eigenvalue weighted by molar-refractivity contribution is 7.52. The number of nitrogen functional groups attached to an aromatic ring is 1. The Kier molecular flexibility index (Phi) is 7.12. The first-order chi connectivity index (χ1) is 18.5. The third-order valence-electron chi connectivity index (χ3n) is 6.65. The lowest BCUT2D eigenvalue weighted by Crippen LogP contribution is -2.46. The van der Waals surface area contributed by atoms with Gasteiger partial charge < -0.3 is 29.6 Å². The van der Waals surface area contributed by atoms with Crippen LogP contribution in [0.1, 0.15) is 33.9 Å². The van der Waals surface area contributed by atoms with Gasteiger partial charge in [0, 0.05) is 0 Å². The van der Waals surface area contributed by atoms with Crippen LogP contribution in [0.3, 0.4) is 0 Å². The number of hydrogen-bond acceptors (Lipinski definition) is 12. The number of nitrogens with zero attached hydrogens (tertiary/aromatic N) is 4. The molecule has 4 N–H and O–H groups in total. The minimum absolute atomic E-state index is 0.0544. The van der Waals surface area contributed by atoms with E-state index in [0.29, 0.717) is 11.2 Å². The summed E-state index contributed by atoms with van der Waals surface area (Å²) in [5.74, 6) is -0.191. The van der Waals surface area contributed by atoms with Crippen molar-refractivity contribution >= 4 is 30.7 Å². The van der Waals surface area contributed by atoms with E-state index in [0.717, 1.165) is 0 Å². The number of esters is 1. The van der Waals surface area contributed by atoms with Gasteiger partial charge in [0.05, 0.1) is 25.6 Å². The van der Waals surface area contributed by atoms with Crippen molar-refractivity contribution in [3.05, 3.63) is 43.0 Å². The fraction of sp³-hybridized carbons (Fsp3) is 0.500. The summed E-state index contributed by atoms with van der Waals surface area (Å²) in [7, 11) is -4.21. The van der Waals surface area contributed by atoms with Gasteiger partial charge in [0.15, 0.2) is 17.7 Å². The molecule has 2 saturated heterocycles. The molecule has 0 amide bonds. The average molecular weight is 563 g/mol. The summed E-state index contributed by atoms with van der Waals surface area (Å²) in [5, 5.41) is 14.0. The van der Waals surface area contributed by atoms with E-state index in [1.807, 2.05) is 0 Å². The number of anilines is 1. The van der Waals surface area contributed by atoms with E-state index in [9.17, 15) is 14.5 Å². The van der Waals surface area contributed by atoms with Crippen LogP contribution in [0.5, 0.6) is 5.75 Å². The van der Waals surface area contributed by atoms with Crippen LogP contribution in [-0.4, -0.2) is 73.3 Å². The molecule has 3 aromatic rings. The smallest absolute Gasteiger partial charge is 0.459 e. The highest BCUT2D eigenvalue weighted by Gasteiger charge is 2.69. The number of rotatable bonds is 10. The highest BCUT2D eigenvalue weighted by Crippen LogP contribution is 2.55. The molecule has 6 atom stereocenters. The maximum Gasteiger partial charge on any atom is 0.459 e. The van der Waals surface area contributed by atoms with Gasteiger partial charge in [-0.1, -0.05) is 18.2 Å². The van der Waals surface area contributed by atoms with Crippen molar-refractivity contribution in [2.45, 2.75) is 63.4 Å². The Morgan fingerprint density at radius 3 is 2.74 bits per heavy atom. The molecule has 2 aliphatic heterocycles. The molecule has 4 heterocycles. The number of imidazole rings is 1. The molecule has 0 spiro atoms. The predicted octanol–water partition coefficient (Wildman–Crippen LogP) is 1.96. The van der Waals surface area contributed by atoms with Gasteiger partial charge in [-0.05, 0) is 39.8 Å². The molecule has 14 nitrogen and oxygen atoms in total. The molecule has 39 heavy (non-hydrogen) atoms. The van der Waals surface area contributed by atoms with Gasteiger partial charge in [-0.3, -0.25) is 13.9 Å². The van der Waals surface area contributed by atoms with Crippen molar-refractivity contribution < 1.29 is 37.7 Å². The summed E-state index contributed by atoms with van der Waals surface area (Å²) in [6, 6.07) is 7.32. The van der Waals surface area contributed by atoms with Crippen molar-refractivity contribution in [2.75, 3.05) is 18.9 Å². The van der Waals surface area contributed by atoms with Crippen LogP contribution in [0.25, 0.3) is 11.2 Å². The van der Waals surface area contributed by atoms with E-state index in [4.69, 9.17) is 29.0 Å². The fourth-order valence-electron chi connectivity index (χ4n) is 4.66. The second-order valence-electron chi connectivity index (χ2n) is 10.0. The van der Waals surface area contributed by atoms with E-state index in [-0.39, 0.29) is 24.3 Å². The second kappa shape index (κ2) is 10.1. The van der Waals surface area contributed by atoms with Crippen molar-refractivity contribution in [3.8, 4) is 5.75 Å². The van der Waals surface area contributed by atoms with Crippen molar-refractivity contribution in [2.24, 2.45) is 0 Å². The Morgan fingerprint density at radius 2 is 2.03 bits per heavy atom.